The van der Waals surface area contributed by atoms with E-state index in [9.17, 15) is 8.42 Å². The Kier molecular flexibility index (Phi) is 4.60. The van der Waals surface area contributed by atoms with Gasteiger partial charge in [0.1, 0.15) is 0 Å². The van der Waals surface area contributed by atoms with E-state index in [1.165, 1.54) is 6.26 Å². The first-order valence-corrected chi connectivity index (χ1v) is 6.04. The zero-order valence-electron chi connectivity index (χ0n) is 8.37. The molecule has 13 heavy (non-hydrogen) atoms. The summed E-state index contributed by atoms with van der Waals surface area (Å²) in [6, 6.07) is -0.257. The molecular formula is C8H18N2O2S. The van der Waals surface area contributed by atoms with Crippen molar-refractivity contribution in [2.24, 2.45) is 5.84 Å². The highest BCUT2D eigenvalue weighted by Gasteiger charge is 2.24. The molecule has 0 spiro atoms. The van der Waals surface area contributed by atoms with Crippen LogP contribution in [0.5, 0.6) is 0 Å². The summed E-state index contributed by atoms with van der Waals surface area (Å²) in [5.41, 5.74) is 3.41. The SMILES string of the molecule is C=C(C)CC(NN)C(C)S(C)(=O)=O. The fraction of sp³-hybridized carbons (Fsp3) is 0.750. The van der Waals surface area contributed by atoms with Gasteiger partial charge in [-0.15, -0.1) is 6.58 Å². The summed E-state index contributed by atoms with van der Waals surface area (Å²) in [5, 5.41) is -0.491. The van der Waals surface area contributed by atoms with Crippen molar-refractivity contribution >= 4 is 9.84 Å². The summed E-state index contributed by atoms with van der Waals surface area (Å²) in [5.74, 6) is 5.26. The lowest BCUT2D eigenvalue weighted by atomic mass is 10.1. The first-order chi connectivity index (χ1) is 5.79. The Morgan fingerprint density at radius 1 is 1.62 bits per heavy atom. The van der Waals surface area contributed by atoms with E-state index in [0.717, 1.165) is 5.57 Å². The Labute approximate surface area is 80.1 Å². The van der Waals surface area contributed by atoms with Crippen LogP contribution in [0.3, 0.4) is 0 Å². The van der Waals surface area contributed by atoms with E-state index >= 15 is 0 Å². The Bertz CT molecular complexity index is 272. The lowest BCUT2D eigenvalue weighted by Crippen LogP contribution is -2.45. The van der Waals surface area contributed by atoms with Gasteiger partial charge >= 0.3 is 0 Å². The Balaban J connectivity index is 4.50. The van der Waals surface area contributed by atoms with Gasteiger partial charge in [0.05, 0.1) is 5.25 Å². The van der Waals surface area contributed by atoms with Crippen LogP contribution in [-0.2, 0) is 9.84 Å². The highest BCUT2D eigenvalue weighted by Crippen LogP contribution is 2.11. The first kappa shape index (κ1) is 12.6. The molecule has 0 aromatic rings. The van der Waals surface area contributed by atoms with Gasteiger partial charge in [-0.1, -0.05) is 5.57 Å². The van der Waals surface area contributed by atoms with Gasteiger partial charge in [-0.05, 0) is 20.3 Å². The maximum Gasteiger partial charge on any atom is 0.151 e. The van der Waals surface area contributed by atoms with Crippen LogP contribution in [0, 0.1) is 0 Å². The van der Waals surface area contributed by atoms with E-state index < -0.39 is 15.1 Å². The minimum absolute atomic E-state index is 0.257. The molecule has 0 fully saturated rings. The molecular weight excluding hydrogens is 188 g/mol. The van der Waals surface area contributed by atoms with Gasteiger partial charge in [0.2, 0.25) is 0 Å². The molecule has 2 atom stereocenters. The second kappa shape index (κ2) is 4.74. The minimum Gasteiger partial charge on any atom is -0.271 e. The molecule has 3 N–H and O–H groups in total. The van der Waals surface area contributed by atoms with Crippen molar-refractivity contribution < 1.29 is 8.42 Å². The zero-order valence-corrected chi connectivity index (χ0v) is 9.19. The van der Waals surface area contributed by atoms with Gasteiger partial charge in [0.25, 0.3) is 0 Å². The summed E-state index contributed by atoms with van der Waals surface area (Å²) in [7, 11) is -3.04. The highest BCUT2D eigenvalue weighted by molar-refractivity contribution is 7.91. The van der Waals surface area contributed by atoms with Crippen LogP contribution < -0.4 is 11.3 Å². The molecule has 0 aromatic heterocycles. The van der Waals surface area contributed by atoms with E-state index in [2.05, 4.69) is 12.0 Å². The molecule has 78 valence electrons. The predicted octanol–water partition coefficient (Wildman–Crippen LogP) is 0.218. The van der Waals surface area contributed by atoms with Crippen LogP contribution >= 0.6 is 0 Å². The van der Waals surface area contributed by atoms with Crippen molar-refractivity contribution in [2.75, 3.05) is 6.26 Å². The molecule has 0 aliphatic heterocycles. The molecule has 4 nitrogen and oxygen atoms in total. The summed E-state index contributed by atoms with van der Waals surface area (Å²) in [4.78, 5) is 0. The third-order valence-electron chi connectivity index (χ3n) is 2.02. The Morgan fingerprint density at radius 2 is 2.08 bits per heavy atom. The third-order valence-corrected chi connectivity index (χ3v) is 3.70. The second-order valence-corrected chi connectivity index (χ2v) is 5.87. The summed E-state index contributed by atoms with van der Waals surface area (Å²) in [6.45, 7) is 7.21. The molecule has 0 bridgehead atoms. The molecule has 0 aliphatic carbocycles. The van der Waals surface area contributed by atoms with Crippen LogP contribution in [-0.4, -0.2) is 26.0 Å². The van der Waals surface area contributed by atoms with Crippen LogP contribution in [0.1, 0.15) is 20.3 Å². The van der Waals surface area contributed by atoms with Crippen molar-refractivity contribution in [1.29, 1.82) is 0 Å². The van der Waals surface area contributed by atoms with E-state index in [1.807, 2.05) is 6.92 Å². The topological polar surface area (TPSA) is 72.2 Å². The molecule has 5 heteroatoms. The summed E-state index contributed by atoms with van der Waals surface area (Å²) < 4.78 is 22.4. The minimum atomic E-state index is -3.04. The van der Waals surface area contributed by atoms with Gasteiger partial charge in [0, 0.05) is 12.3 Å². The van der Waals surface area contributed by atoms with Crippen molar-refractivity contribution in [1.82, 2.24) is 5.43 Å². The van der Waals surface area contributed by atoms with Gasteiger partial charge in [-0.2, -0.15) is 0 Å². The average molecular weight is 206 g/mol. The maximum atomic E-state index is 11.2. The number of nitrogens with two attached hydrogens (primary N) is 1. The fourth-order valence-corrected chi connectivity index (χ4v) is 1.81. The quantitative estimate of drug-likeness (QED) is 0.383. The zero-order chi connectivity index (χ0) is 10.6. The van der Waals surface area contributed by atoms with Crippen molar-refractivity contribution in [3.8, 4) is 0 Å². The van der Waals surface area contributed by atoms with E-state index in [1.54, 1.807) is 6.92 Å². The number of hydrazine groups is 1. The van der Waals surface area contributed by atoms with Gasteiger partial charge in [-0.25, -0.2) is 8.42 Å². The molecule has 0 heterocycles. The van der Waals surface area contributed by atoms with Crippen LogP contribution in [0.4, 0.5) is 0 Å². The van der Waals surface area contributed by atoms with Crippen LogP contribution in [0.25, 0.3) is 0 Å². The standard InChI is InChI=1S/C8H18N2O2S/c1-6(2)5-8(10-9)7(3)13(4,11)12/h7-8,10H,1,5,9H2,2-4H3. The molecule has 0 amide bonds. The normalized spacial score (nSPS) is 16.6. The summed E-state index contributed by atoms with van der Waals surface area (Å²) in [6.07, 6.45) is 1.78. The smallest absolute Gasteiger partial charge is 0.151 e. The average Bonchev–Trinajstić information content (AvgIpc) is 1.96. The van der Waals surface area contributed by atoms with Gasteiger partial charge < -0.3 is 0 Å². The molecule has 0 saturated carbocycles. The van der Waals surface area contributed by atoms with Gasteiger partial charge in [0.15, 0.2) is 9.84 Å². The molecule has 2 unspecified atom stereocenters. The Hall–Kier alpha value is -0.390. The first-order valence-electron chi connectivity index (χ1n) is 4.08. The lowest BCUT2D eigenvalue weighted by Gasteiger charge is -2.21. The molecule has 0 saturated heterocycles. The number of sulfone groups is 1. The molecule has 0 rings (SSSR count). The summed E-state index contributed by atoms with van der Waals surface area (Å²) >= 11 is 0. The number of rotatable bonds is 5. The van der Waals surface area contributed by atoms with E-state index in [0.29, 0.717) is 6.42 Å². The van der Waals surface area contributed by atoms with E-state index in [4.69, 9.17) is 5.84 Å². The Morgan fingerprint density at radius 3 is 2.31 bits per heavy atom. The van der Waals surface area contributed by atoms with Gasteiger partial charge in [-0.3, -0.25) is 11.3 Å². The van der Waals surface area contributed by atoms with Crippen molar-refractivity contribution in [2.45, 2.75) is 31.6 Å². The molecule has 0 radical (unpaired) electrons. The van der Waals surface area contributed by atoms with Crippen LogP contribution in [0.15, 0.2) is 12.2 Å². The number of hydrogen-bond donors (Lipinski definition) is 2. The monoisotopic (exact) mass is 206 g/mol. The lowest BCUT2D eigenvalue weighted by molar-refractivity contribution is 0.493. The maximum absolute atomic E-state index is 11.2. The number of hydrogen-bond acceptors (Lipinski definition) is 4. The third kappa shape index (κ3) is 4.40. The largest absolute Gasteiger partial charge is 0.271 e. The van der Waals surface area contributed by atoms with E-state index in [-0.39, 0.29) is 6.04 Å². The van der Waals surface area contributed by atoms with Crippen LogP contribution in [0.2, 0.25) is 0 Å². The molecule has 0 aliphatic rings. The number of nitrogens with one attached hydrogen (secondary N) is 1. The van der Waals surface area contributed by atoms with Crippen molar-refractivity contribution in [3.05, 3.63) is 12.2 Å². The highest BCUT2D eigenvalue weighted by atomic mass is 32.2. The molecule has 0 aromatic carbocycles. The second-order valence-electron chi connectivity index (χ2n) is 3.47. The predicted molar refractivity (Wildman–Crippen MR) is 54.8 cm³/mol. The van der Waals surface area contributed by atoms with Crippen molar-refractivity contribution in [3.63, 3.8) is 0 Å². The fourth-order valence-electron chi connectivity index (χ4n) is 1.03.